The predicted molar refractivity (Wildman–Crippen MR) is 130 cm³/mol. The maximum Gasteiger partial charge on any atom is 0.241 e. The fraction of sp³-hybridized carbons (Fsp3) is 0.360. The van der Waals surface area contributed by atoms with Crippen LogP contribution in [0.3, 0.4) is 0 Å². The van der Waals surface area contributed by atoms with Crippen molar-refractivity contribution in [1.82, 2.24) is 9.88 Å². The van der Waals surface area contributed by atoms with Crippen LogP contribution in [0.4, 0.5) is 5.69 Å². The average molecular weight is 498 g/mol. The highest BCUT2D eigenvalue weighted by Crippen LogP contribution is 2.34. The van der Waals surface area contributed by atoms with Gasteiger partial charge in [-0.2, -0.15) is 0 Å². The van der Waals surface area contributed by atoms with Gasteiger partial charge in [0.2, 0.25) is 5.91 Å². The first kappa shape index (κ1) is 23.8. The number of amides is 1. The SMILES string of the molecule is Cc1c([C@@H](O)CN2CCN(c3ccc4nc(S(C)(=O)=O)ccc4c3)C(=O)C2)ccc2c1COC2O. The van der Waals surface area contributed by atoms with Gasteiger partial charge in [-0.05, 0) is 53.9 Å². The predicted octanol–water partition coefficient (Wildman–Crippen LogP) is 1.85. The van der Waals surface area contributed by atoms with Crippen LogP contribution >= 0.6 is 0 Å². The topological polar surface area (TPSA) is 120 Å². The van der Waals surface area contributed by atoms with Gasteiger partial charge >= 0.3 is 0 Å². The molecule has 184 valence electrons. The Morgan fingerprint density at radius 1 is 1.17 bits per heavy atom. The molecule has 9 nitrogen and oxygen atoms in total. The lowest BCUT2D eigenvalue weighted by molar-refractivity contribution is -0.121. The second kappa shape index (κ2) is 8.96. The van der Waals surface area contributed by atoms with Gasteiger partial charge in [0.15, 0.2) is 21.2 Å². The third kappa shape index (κ3) is 4.55. The largest absolute Gasteiger partial charge is 0.387 e. The van der Waals surface area contributed by atoms with Crippen LogP contribution in [0.5, 0.6) is 0 Å². The number of benzene rings is 2. The number of ether oxygens (including phenoxy) is 1. The third-order valence-electron chi connectivity index (χ3n) is 6.76. The lowest BCUT2D eigenvalue weighted by atomic mass is 9.95. The van der Waals surface area contributed by atoms with E-state index < -0.39 is 22.2 Å². The van der Waals surface area contributed by atoms with Gasteiger partial charge in [0.1, 0.15) is 0 Å². The van der Waals surface area contributed by atoms with Crippen LogP contribution in [0.2, 0.25) is 0 Å². The van der Waals surface area contributed by atoms with E-state index in [-0.39, 0.29) is 17.5 Å². The molecule has 2 N–H and O–H groups in total. The minimum atomic E-state index is -3.40. The summed E-state index contributed by atoms with van der Waals surface area (Å²) in [7, 11) is -3.40. The zero-order valence-corrected chi connectivity index (χ0v) is 20.3. The highest BCUT2D eigenvalue weighted by Gasteiger charge is 2.29. The molecule has 10 heteroatoms. The quantitative estimate of drug-likeness (QED) is 0.548. The summed E-state index contributed by atoms with van der Waals surface area (Å²) in [6.45, 7) is 3.78. The molecule has 3 aromatic rings. The molecule has 0 bridgehead atoms. The third-order valence-corrected chi connectivity index (χ3v) is 7.74. The van der Waals surface area contributed by atoms with Crippen molar-refractivity contribution >= 4 is 32.3 Å². The number of hydrogen-bond acceptors (Lipinski definition) is 8. The Labute approximate surface area is 203 Å². The molecule has 3 heterocycles. The lowest BCUT2D eigenvalue weighted by Crippen LogP contribution is -2.51. The van der Waals surface area contributed by atoms with Crippen LogP contribution in [0, 0.1) is 6.92 Å². The molecule has 2 atom stereocenters. The fourth-order valence-corrected chi connectivity index (χ4v) is 5.37. The van der Waals surface area contributed by atoms with Crippen molar-refractivity contribution in [3.05, 3.63) is 64.7 Å². The average Bonchev–Trinajstić information content (AvgIpc) is 3.19. The number of piperazine rings is 1. The maximum atomic E-state index is 13.0. The van der Waals surface area contributed by atoms with Crippen molar-refractivity contribution in [2.75, 3.05) is 37.3 Å². The Morgan fingerprint density at radius 3 is 2.71 bits per heavy atom. The molecule has 1 aromatic heterocycles. The van der Waals surface area contributed by atoms with Crippen molar-refractivity contribution in [1.29, 1.82) is 0 Å². The van der Waals surface area contributed by atoms with Crippen LogP contribution in [0.25, 0.3) is 10.9 Å². The van der Waals surface area contributed by atoms with Crippen molar-refractivity contribution in [2.45, 2.75) is 31.0 Å². The number of rotatable bonds is 5. The van der Waals surface area contributed by atoms with Crippen LogP contribution in [0.1, 0.15) is 34.6 Å². The number of hydrogen-bond donors (Lipinski definition) is 2. The molecule has 2 aliphatic rings. The van der Waals surface area contributed by atoms with E-state index in [0.717, 1.165) is 39.6 Å². The first-order valence-electron chi connectivity index (χ1n) is 11.4. The summed E-state index contributed by atoms with van der Waals surface area (Å²) in [4.78, 5) is 20.8. The Bertz CT molecular complexity index is 1420. The van der Waals surface area contributed by atoms with Gasteiger partial charge in [0.25, 0.3) is 0 Å². The number of aliphatic hydroxyl groups excluding tert-OH is 2. The Morgan fingerprint density at radius 2 is 1.97 bits per heavy atom. The number of nitrogens with zero attached hydrogens (tertiary/aromatic N) is 3. The first-order valence-corrected chi connectivity index (χ1v) is 13.2. The molecule has 1 saturated heterocycles. The fourth-order valence-electron chi connectivity index (χ4n) is 4.79. The standard InChI is InChI=1S/C25H27N3O6S/c1-15-18(5-6-19-20(15)14-34-25(19)31)22(29)12-27-9-10-28(24(30)13-27)17-4-7-21-16(11-17)3-8-23(26-21)35(2,32)33/h3-8,11,22,25,29,31H,9-10,12-14H2,1-2H3/t22-,25?/m0/s1. The van der Waals surface area contributed by atoms with Crippen molar-refractivity contribution in [2.24, 2.45) is 0 Å². The highest BCUT2D eigenvalue weighted by atomic mass is 32.2. The van der Waals surface area contributed by atoms with Crippen LogP contribution in [0.15, 0.2) is 47.5 Å². The Kier molecular flexibility index (Phi) is 6.10. The van der Waals surface area contributed by atoms with Crippen LogP contribution in [-0.4, -0.2) is 66.9 Å². The van der Waals surface area contributed by atoms with Gasteiger partial charge in [0.05, 0.1) is 24.8 Å². The number of β-amino-alcohol motifs (C(OH)–C–C–N with tert-alkyl or cyclic N) is 1. The molecule has 0 aliphatic carbocycles. The van der Waals surface area contributed by atoms with Crippen molar-refractivity contribution in [3.8, 4) is 0 Å². The molecule has 5 rings (SSSR count). The molecule has 0 radical (unpaired) electrons. The number of anilines is 1. The van der Waals surface area contributed by atoms with E-state index in [4.69, 9.17) is 4.74 Å². The number of carbonyl (C=O) groups is 1. The molecule has 1 fully saturated rings. The maximum absolute atomic E-state index is 13.0. The van der Waals surface area contributed by atoms with E-state index in [1.54, 1.807) is 29.2 Å². The van der Waals surface area contributed by atoms with E-state index in [9.17, 15) is 23.4 Å². The molecule has 0 saturated carbocycles. The number of aromatic nitrogens is 1. The summed E-state index contributed by atoms with van der Waals surface area (Å²) in [5, 5.41) is 21.6. The number of pyridine rings is 1. The first-order chi connectivity index (χ1) is 16.6. The number of fused-ring (bicyclic) bond motifs is 2. The van der Waals surface area contributed by atoms with Crippen molar-refractivity contribution in [3.63, 3.8) is 0 Å². The van der Waals surface area contributed by atoms with Gasteiger partial charge in [0, 0.05) is 42.5 Å². The van der Waals surface area contributed by atoms with E-state index in [2.05, 4.69) is 4.98 Å². The zero-order valence-electron chi connectivity index (χ0n) is 19.5. The second-order valence-corrected chi connectivity index (χ2v) is 11.1. The minimum Gasteiger partial charge on any atom is -0.387 e. The summed E-state index contributed by atoms with van der Waals surface area (Å²) in [5.41, 5.74) is 4.59. The summed E-state index contributed by atoms with van der Waals surface area (Å²) < 4.78 is 28.8. The van der Waals surface area contributed by atoms with Crippen molar-refractivity contribution < 1.29 is 28.2 Å². The van der Waals surface area contributed by atoms with E-state index in [0.29, 0.717) is 31.8 Å². The summed E-state index contributed by atoms with van der Waals surface area (Å²) in [6.07, 6.45) is -0.573. The molecule has 1 amide bonds. The monoisotopic (exact) mass is 497 g/mol. The molecular weight excluding hydrogens is 470 g/mol. The molecule has 0 spiro atoms. The molecular formula is C25H27N3O6S. The Hall–Kier alpha value is -2.89. The van der Waals surface area contributed by atoms with Crippen LogP contribution in [-0.2, 0) is 26.0 Å². The van der Waals surface area contributed by atoms with Crippen LogP contribution < -0.4 is 4.90 Å². The van der Waals surface area contributed by atoms with Gasteiger partial charge in [-0.1, -0.05) is 12.1 Å². The lowest BCUT2D eigenvalue weighted by Gasteiger charge is -2.35. The summed E-state index contributed by atoms with van der Waals surface area (Å²) in [5.74, 6) is -0.0780. The van der Waals surface area contributed by atoms with E-state index in [1.807, 2.05) is 24.0 Å². The van der Waals surface area contributed by atoms with Gasteiger partial charge in [-0.3, -0.25) is 9.69 Å². The minimum absolute atomic E-state index is 0.0170. The van der Waals surface area contributed by atoms with Gasteiger partial charge in [-0.25, -0.2) is 13.4 Å². The molecule has 2 aromatic carbocycles. The summed E-state index contributed by atoms with van der Waals surface area (Å²) >= 11 is 0. The Balaban J connectivity index is 1.27. The van der Waals surface area contributed by atoms with Gasteiger partial charge in [-0.15, -0.1) is 0 Å². The summed E-state index contributed by atoms with van der Waals surface area (Å²) in [6, 6.07) is 12.1. The molecule has 1 unspecified atom stereocenters. The molecule has 2 aliphatic heterocycles. The van der Waals surface area contributed by atoms with E-state index >= 15 is 0 Å². The van der Waals surface area contributed by atoms with Gasteiger partial charge < -0.3 is 19.8 Å². The highest BCUT2D eigenvalue weighted by molar-refractivity contribution is 7.90. The normalized spacial score (nSPS) is 19.8. The molecule has 35 heavy (non-hydrogen) atoms. The van der Waals surface area contributed by atoms with E-state index in [1.165, 1.54) is 6.07 Å². The zero-order chi connectivity index (χ0) is 24.9. The smallest absolute Gasteiger partial charge is 0.241 e. The second-order valence-electron chi connectivity index (χ2n) is 9.11. The number of carbonyl (C=O) groups excluding carboxylic acids is 1. The number of sulfone groups is 1. The number of aliphatic hydroxyl groups is 2.